The summed E-state index contributed by atoms with van der Waals surface area (Å²) in [5, 5.41) is 0. The molecular formula is C13H27NO3. The summed E-state index contributed by atoms with van der Waals surface area (Å²) < 4.78 is 10.4. The van der Waals surface area contributed by atoms with Crippen LogP contribution >= 0.6 is 0 Å². The molecule has 0 saturated carbocycles. The van der Waals surface area contributed by atoms with Gasteiger partial charge in [-0.1, -0.05) is 27.7 Å². The van der Waals surface area contributed by atoms with Gasteiger partial charge in [0.25, 0.3) is 0 Å². The van der Waals surface area contributed by atoms with Crippen LogP contribution in [0, 0.1) is 11.8 Å². The predicted molar refractivity (Wildman–Crippen MR) is 68.6 cm³/mol. The summed E-state index contributed by atoms with van der Waals surface area (Å²) in [5.41, 5.74) is 5.73. The molecule has 0 aromatic heterocycles. The molecule has 0 fully saturated rings. The van der Waals surface area contributed by atoms with E-state index in [2.05, 4.69) is 13.8 Å². The maximum atomic E-state index is 11.6. The molecule has 0 bridgehead atoms. The van der Waals surface area contributed by atoms with E-state index in [0.29, 0.717) is 24.9 Å². The topological polar surface area (TPSA) is 61.5 Å². The van der Waals surface area contributed by atoms with Gasteiger partial charge in [0.1, 0.15) is 12.6 Å². The second kappa shape index (κ2) is 8.48. The first-order valence-corrected chi connectivity index (χ1v) is 6.31. The fourth-order valence-corrected chi connectivity index (χ4v) is 1.64. The fourth-order valence-electron chi connectivity index (χ4n) is 1.64. The zero-order valence-electron chi connectivity index (χ0n) is 11.7. The van der Waals surface area contributed by atoms with Crippen molar-refractivity contribution in [2.24, 2.45) is 17.6 Å². The van der Waals surface area contributed by atoms with Gasteiger partial charge in [-0.25, -0.2) is 0 Å². The fraction of sp³-hybridized carbons (Fsp3) is 0.923. The number of carbonyl (C=O) groups is 1. The third-order valence-electron chi connectivity index (χ3n) is 2.51. The molecular weight excluding hydrogens is 218 g/mol. The van der Waals surface area contributed by atoms with E-state index >= 15 is 0 Å². The molecule has 0 unspecified atom stereocenters. The van der Waals surface area contributed by atoms with Gasteiger partial charge in [-0.05, 0) is 24.7 Å². The molecule has 0 amide bonds. The second-order valence-electron chi connectivity index (χ2n) is 5.35. The number of esters is 1. The minimum absolute atomic E-state index is 0.0369. The van der Waals surface area contributed by atoms with Crippen LogP contribution in [-0.4, -0.2) is 31.8 Å². The first kappa shape index (κ1) is 16.4. The third-order valence-corrected chi connectivity index (χ3v) is 2.51. The summed E-state index contributed by atoms with van der Waals surface area (Å²) in [6.07, 6.45) is 1.49. The molecule has 4 heteroatoms. The number of ether oxygens (including phenoxy) is 2. The lowest BCUT2D eigenvalue weighted by Crippen LogP contribution is -2.35. The number of hydrogen-bond donors (Lipinski definition) is 1. The molecule has 102 valence electrons. The summed E-state index contributed by atoms with van der Waals surface area (Å²) >= 11 is 0. The van der Waals surface area contributed by atoms with Gasteiger partial charge in [0, 0.05) is 7.11 Å². The Morgan fingerprint density at radius 3 is 2.06 bits per heavy atom. The quantitative estimate of drug-likeness (QED) is 0.664. The molecule has 0 aliphatic heterocycles. The largest absolute Gasteiger partial charge is 0.462 e. The van der Waals surface area contributed by atoms with Crippen LogP contribution in [0.3, 0.4) is 0 Å². The molecule has 17 heavy (non-hydrogen) atoms. The zero-order valence-corrected chi connectivity index (χ0v) is 11.7. The van der Waals surface area contributed by atoms with Crippen molar-refractivity contribution < 1.29 is 14.3 Å². The van der Waals surface area contributed by atoms with Crippen LogP contribution in [0.2, 0.25) is 0 Å². The first-order chi connectivity index (χ1) is 7.86. The summed E-state index contributed by atoms with van der Waals surface area (Å²) in [6.45, 7) is 8.57. The molecule has 0 rings (SSSR count). The van der Waals surface area contributed by atoms with Crippen LogP contribution in [0.5, 0.6) is 0 Å². The molecule has 0 heterocycles. The molecule has 0 aliphatic carbocycles. The standard InChI is InChI=1S/C13H27NO3/c1-9(2)6-11(16-5)8-17-13(15)12(14)7-10(3)4/h9-12H,6-8,14H2,1-5H3/t11-,12-/m0/s1. The highest BCUT2D eigenvalue weighted by Crippen LogP contribution is 2.09. The molecule has 0 radical (unpaired) electrons. The number of hydrogen-bond acceptors (Lipinski definition) is 4. The minimum atomic E-state index is -0.522. The van der Waals surface area contributed by atoms with Gasteiger partial charge < -0.3 is 15.2 Å². The number of rotatable bonds is 8. The Hall–Kier alpha value is -0.610. The number of carbonyl (C=O) groups excluding carboxylic acids is 1. The average Bonchev–Trinajstić information content (AvgIpc) is 2.22. The van der Waals surface area contributed by atoms with Crippen molar-refractivity contribution in [2.45, 2.75) is 52.7 Å². The van der Waals surface area contributed by atoms with Gasteiger partial charge in [0.2, 0.25) is 0 Å². The molecule has 0 saturated heterocycles. The SMILES string of the molecule is CO[C@H](COC(=O)[C@@H](N)CC(C)C)CC(C)C. The Morgan fingerprint density at radius 1 is 1.12 bits per heavy atom. The lowest BCUT2D eigenvalue weighted by molar-refractivity contribution is -0.149. The Bertz CT molecular complexity index is 217. The summed E-state index contributed by atoms with van der Waals surface area (Å²) in [5.74, 6) is 0.582. The molecule has 2 N–H and O–H groups in total. The van der Waals surface area contributed by atoms with Crippen LogP contribution in [-0.2, 0) is 14.3 Å². The number of nitrogens with two attached hydrogens (primary N) is 1. The molecule has 0 aliphatic rings. The molecule has 4 nitrogen and oxygen atoms in total. The minimum Gasteiger partial charge on any atom is -0.462 e. The van der Waals surface area contributed by atoms with E-state index in [-0.39, 0.29) is 12.1 Å². The Kier molecular flexibility index (Phi) is 8.17. The first-order valence-electron chi connectivity index (χ1n) is 6.31. The van der Waals surface area contributed by atoms with Gasteiger partial charge >= 0.3 is 5.97 Å². The average molecular weight is 245 g/mol. The zero-order chi connectivity index (χ0) is 13.4. The maximum Gasteiger partial charge on any atom is 0.323 e. The highest BCUT2D eigenvalue weighted by atomic mass is 16.6. The lowest BCUT2D eigenvalue weighted by atomic mass is 10.0. The van der Waals surface area contributed by atoms with Crippen molar-refractivity contribution in [3.05, 3.63) is 0 Å². The van der Waals surface area contributed by atoms with Crippen molar-refractivity contribution in [3.63, 3.8) is 0 Å². The van der Waals surface area contributed by atoms with E-state index in [9.17, 15) is 4.79 Å². The Labute approximate surface area is 105 Å². The van der Waals surface area contributed by atoms with E-state index in [1.165, 1.54) is 0 Å². The van der Waals surface area contributed by atoms with Crippen molar-refractivity contribution in [3.8, 4) is 0 Å². The summed E-state index contributed by atoms with van der Waals surface area (Å²) in [7, 11) is 1.63. The van der Waals surface area contributed by atoms with E-state index in [0.717, 1.165) is 6.42 Å². The Balaban J connectivity index is 3.95. The highest BCUT2D eigenvalue weighted by molar-refractivity contribution is 5.75. The van der Waals surface area contributed by atoms with Crippen molar-refractivity contribution in [2.75, 3.05) is 13.7 Å². The smallest absolute Gasteiger partial charge is 0.323 e. The lowest BCUT2D eigenvalue weighted by Gasteiger charge is -2.19. The molecule has 0 aromatic rings. The second-order valence-corrected chi connectivity index (χ2v) is 5.35. The number of methoxy groups -OCH3 is 1. The van der Waals surface area contributed by atoms with Gasteiger partial charge in [-0.3, -0.25) is 4.79 Å². The maximum absolute atomic E-state index is 11.6. The molecule has 0 aromatic carbocycles. The highest BCUT2D eigenvalue weighted by Gasteiger charge is 2.19. The van der Waals surface area contributed by atoms with E-state index in [1.54, 1.807) is 7.11 Å². The van der Waals surface area contributed by atoms with Crippen LogP contribution in [0.4, 0.5) is 0 Å². The van der Waals surface area contributed by atoms with Gasteiger partial charge in [0.05, 0.1) is 6.10 Å². The van der Waals surface area contributed by atoms with E-state index < -0.39 is 6.04 Å². The predicted octanol–water partition coefficient (Wildman–Crippen LogP) is 1.96. The van der Waals surface area contributed by atoms with E-state index in [4.69, 9.17) is 15.2 Å². The Morgan fingerprint density at radius 2 is 1.65 bits per heavy atom. The van der Waals surface area contributed by atoms with E-state index in [1.807, 2.05) is 13.8 Å². The van der Waals surface area contributed by atoms with Crippen molar-refractivity contribution in [1.82, 2.24) is 0 Å². The van der Waals surface area contributed by atoms with Crippen LogP contribution < -0.4 is 5.73 Å². The monoisotopic (exact) mass is 245 g/mol. The van der Waals surface area contributed by atoms with Crippen molar-refractivity contribution >= 4 is 5.97 Å². The summed E-state index contributed by atoms with van der Waals surface area (Å²) in [6, 6.07) is -0.522. The normalized spacial score (nSPS) is 15.1. The summed E-state index contributed by atoms with van der Waals surface area (Å²) in [4.78, 5) is 11.6. The van der Waals surface area contributed by atoms with Crippen LogP contribution in [0.25, 0.3) is 0 Å². The van der Waals surface area contributed by atoms with Crippen LogP contribution in [0.1, 0.15) is 40.5 Å². The van der Waals surface area contributed by atoms with Crippen LogP contribution in [0.15, 0.2) is 0 Å². The third kappa shape index (κ3) is 8.16. The van der Waals surface area contributed by atoms with Gasteiger partial charge in [0.15, 0.2) is 0 Å². The van der Waals surface area contributed by atoms with Gasteiger partial charge in [-0.15, -0.1) is 0 Å². The molecule has 2 atom stereocenters. The molecule has 0 spiro atoms. The van der Waals surface area contributed by atoms with Crippen molar-refractivity contribution in [1.29, 1.82) is 0 Å². The van der Waals surface area contributed by atoms with Gasteiger partial charge in [-0.2, -0.15) is 0 Å².